The molecule has 0 radical (unpaired) electrons. The van der Waals surface area contributed by atoms with Gasteiger partial charge >= 0.3 is 5.97 Å². The van der Waals surface area contributed by atoms with Crippen LogP contribution in [0.1, 0.15) is 122 Å². The topological polar surface area (TPSA) is 221 Å². The maximum absolute atomic E-state index is 14.2. The number of carbonyl (C=O) groups excluding carboxylic acids is 1. The lowest BCUT2D eigenvalue weighted by atomic mass is 9.78. The van der Waals surface area contributed by atoms with Gasteiger partial charge in [-0.1, -0.05) is 41.5 Å². The molecule has 7 N–H and O–H groups in total. The predicted molar refractivity (Wildman–Crippen MR) is 227 cm³/mol. The molecular weight excluding hydrogens is 780 g/mol. The van der Waals surface area contributed by atoms with Gasteiger partial charge in [0.25, 0.3) is 0 Å². The molecule has 0 aliphatic carbocycles. The number of ether oxygens (including phenoxy) is 6. The Balaban J connectivity index is 2.59. The summed E-state index contributed by atoms with van der Waals surface area (Å²) in [5.74, 6) is -2.59. The lowest BCUT2D eigenvalue weighted by Gasteiger charge is -2.49. The molecule has 356 valence electrons. The Morgan fingerprint density at radius 2 is 1.60 bits per heavy atom. The summed E-state index contributed by atoms with van der Waals surface area (Å²) in [7, 11) is 3.32. The molecule has 2 unspecified atom stereocenters. The largest absolute Gasteiger partial charge is 0.459 e. The van der Waals surface area contributed by atoms with E-state index in [4.69, 9.17) is 28.4 Å². The van der Waals surface area contributed by atoms with Gasteiger partial charge in [0.05, 0.1) is 60.4 Å². The molecule has 2 aliphatic heterocycles. The van der Waals surface area contributed by atoms with Gasteiger partial charge in [-0.25, -0.2) is 0 Å². The van der Waals surface area contributed by atoms with Gasteiger partial charge in [0, 0.05) is 45.1 Å². The summed E-state index contributed by atoms with van der Waals surface area (Å²) in [5, 5.41) is 77.8. The van der Waals surface area contributed by atoms with Crippen LogP contribution in [0.4, 0.5) is 0 Å². The zero-order chi connectivity index (χ0) is 45.9. The fourth-order valence-corrected chi connectivity index (χ4v) is 9.34. The van der Waals surface area contributed by atoms with Crippen LogP contribution in [0.3, 0.4) is 0 Å². The molecule has 60 heavy (non-hydrogen) atoms. The van der Waals surface area contributed by atoms with Crippen molar-refractivity contribution in [3.05, 3.63) is 0 Å². The van der Waals surface area contributed by atoms with Crippen molar-refractivity contribution in [2.24, 2.45) is 17.8 Å². The van der Waals surface area contributed by atoms with Gasteiger partial charge in [0.2, 0.25) is 0 Å². The molecule has 0 aromatic rings. The number of esters is 1. The number of rotatable bonds is 26. The van der Waals surface area contributed by atoms with E-state index in [1.807, 2.05) is 44.5 Å². The minimum atomic E-state index is -1.75. The van der Waals surface area contributed by atoms with Crippen LogP contribution >= 0.6 is 0 Å². The Morgan fingerprint density at radius 1 is 0.967 bits per heavy atom. The van der Waals surface area contributed by atoms with E-state index in [0.717, 1.165) is 13.0 Å². The van der Waals surface area contributed by atoms with Crippen molar-refractivity contribution < 1.29 is 69.0 Å². The summed E-state index contributed by atoms with van der Waals surface area (Å²) in [6.07, 6.45) is -8.53. The quantitative estimate of drug-likeness (QED) is 0.0621. The number of carbonyl (C=O) groups is 1. The second-order valence-electron chi connectivity index (χ2n) is 18.9. The second-order valence-corrected chi connectivity index (χ2v) is 18.9. The molecule has 2 heterocycles. The normalized spacial score (nSPS) is 32.2. The van der Waals surface area contributed by atoms with Crippen LogP contribution in [-0.2, 0) is 33.2 Å². The number of likely N-dealkylation sites (N-methyl/N-ethyl adjacent to an activating group) is 1. The van der Waals surface area contributed by atoms with E-state index in [1.165, 1.54) is 14.0 Å². The van der Waals surface area contributed by atoms with E-state index < -0.39 is 102 Å². The highest BCUT2D eigenvalue weighted by atomic mass is 16.7. The summed E-state index contributed by atoms with van der Waals surface area (Å²) in [4.78, 5) is 18.1. The Morgan fingerprint density at radius 3 is 2.13 bits per heavy atom. The van der Waals surface area contributed by atoms with Crippen molar-refractivity contribution in [3.63, 3.8) is 0 Å². The van der Waals surface area contributed by atoms with Crippen LogP contribution in [0.25, 0.3) is 0 Å². The molecule has 2 aliphatic rings. The number of hydrogen-bond acceptors (Lipinski definition) is 16. The molecule has 0 aromatic carbocycles. The van der Waals surface area contributed by atoms with E-state index in [2.05, 4.69) is 0 Å². The number of methoxy groups -OCH3 is 1. The Labute approximate surface area is 360 Å². The van der Waals surface area contributed by atoms with Gasteiger partial charge in [-0.3, -0.25) is 14.6 Å². The molecular formula is C44H86N2O14. The standard InChI is InChI=1S/C44H86N2O14/c1-15-18-46(19-20-47)25-31(48)24-45(13)32-21-27(6)56-41(36(32)50)60-39(42(10,53)22-26(4)5)28(7)37(59-35-23-43(11,55-14)38(51)30(9)57-35)29(8)40(52)58-34(17-3)44(12,54)33(49)16-2/h26-39,41,47-51,53-54H,15-25H2,1-14H3/t27-,28+,29-,30+,31?,32?,33-,34-,35+,36-,37+,38+,39-,41+,42-,43-,44+/m1/s1. The van der Waals surface area contributed by atoms with Crippen LogP contribution in [0.2, 0.25) is 0 Å². The third-order valence-electron chi connectivity index (χ3n) is 12.8. The zero-order valence-electron chi connectivity index (χ0n) is 39.3. The third kappa shape index (κ3) is 14.7. The molecule has 0 saturated carbocycles. The van der Waals surface area contributed by atoms with Gasteiger partial charge < -0.3 is 64.2 Å². The fraction of sp³-hybridized carbons (Fsp3) is 0.977. The molecule has 0 aromatic heterocycles. The second kappa shape index (κ2) is 24.3. The summed E-state index contributed by atoms with van der Waals surface area (Å²) >= 11 is 0. The maximum Gasteiger partial charge on any atom is 0.311 e. The van der Waals surface area contributed by atoms with Gasteiger partial charge in [-0.2, -0.15) is 0 Å². The Hall–Kier alpha value is -1.09. The number of hydrogen-bond donors (Lipinski definition) is 7. The average Bonchev–Trinajstić information content (AvgIpc) is 3.16. The van der Waals surface area contributed by atoms with E-state index in [0.29, 0.717) is 19.5 Å². The van der Waals surface area contributed by atoms with Gasteiger partial charge in [-0.15, -0.1) is 0 Å². The smallest absolute Gasteiger partial charge is 0.311 e. The summed E-state index contributed by atoms with van der Waals surface area (Å²) in [6.45, 7) is 23.0. The number of aliphatic hydroxyl groups is 7. The highest BCUT2D eigenvalue weighted by Gasteiger charge is 2.52. The summed E-state index contributed by atoms with van der Waals surface area (Å²) < 4.78 is 37.6. The van der Waals surface area contributed by atoms with Gasteiger partial charge in [0.15, 0.2) is 12.6 Å². The first-order valence-electron chi connectivity index (χ1n) is 22.4. The van der Waals surface area contributed by atoms with Gasteiger partial charge in [0.1, 0.15) is 23.9 Å². The number of aliphatic hydroxyl groups excluding tert-OH is 5. The van der Waals surface area contributed by atoms with Crippen molar-refractivity contribution in [1.29, 1.82) is 0 Å². The molecule has 16 heteroatoms. The van der Waals surface area contributed by atoms with Crippen LogP contribution in [0.5, 0.6) is 0 Å². The van der Waals surface area contributed by atoms with Crippen LogP contribution in [-0.4, -0.2) is 189 Å². The summed E-state index contributed by atoms with van der Waals surface area (Å²) in [5.41, 5.74) is -4.36. The zero-order valence-corrected chi connectivity index (χ0v) is 39.3. The summed E-state index contributed by atoms with van der Waals surface area (Å²) in [6, 6.07) is -0.495. The maximum atomic E-state index is 14.2. The first-order valence-corrected chi connectivity index (χ1v) is 22.4. The molecule has 0 bridgehead atoms. The first-order chi connectivity index (χ1) is 27.8. The molecule has 2 rings (SSSR count). The van der Waals surface area contributed by atoms with E-state index in [9.17, 15) is 40.5 Å². The average molecular weight is 867 g/mol. The fourth-order valence-electron chi connectivity index (χ4n) is 9.34. The van der Waals surface area contributed by atoms with Crippen LogP contribution in [0, 0.1) is 17.8 Å². The Kier molecular flexibility index (Phi) is 22.3. The highest BCUT2D eigenvalue weighted by molar-refractivity contribution is 5.73. The molecule has 17 atom stereocenters. The molecule has 0 spiro atoms. The number of nitrogens with zero attached hydrogens (tertiary/aromatic N) is 2. The highest BCUT2D eigenvalue weighted by Crippen LogP contribution is 2.39. The van der Waals surface area contributed by atoms with Crippen molar-refractivity contribution in [1.82, 2.24) is 9.80 Å². The Bertz CT molecular complexity index is 1240. The minimum Gasteiger partial charge on any atom is -0.459 e. The van der Waals surface area contributed by atoms with E-state index in [-0.39, 0.29) is 50.9 Å². The van der Waals surface area contributed by atoms with Crippen molar-refractivity contribution in [2.75, 3.05) is 46.9 Å². The lowest BCUT2D eigenvalue weighted by Crippen LogP contribution is -2.61. The predicted octanol–water partition coefficient (Wildman–Crippen LogP) is 2.43. The third-order valence-corrected chi connectivity index (χ3v) is 12.8. The van der Waals surface area contributed by atoms with Gasteiger partial charge in [-0.05, 0) is 93.2 Å². The molecule has 2 saturated heterocycles. The van der Waals surface area contributed by atoms with Crippen LogP contribution in [0.15, 0.2) is 0 Å². The van der Waals surface area contributed by atoms with E-state index >= 15 is 0 Å². The van der Waals surface area contributed by atoms with Crippen molar-refractivity contribution in [3.8, 4) is 0 Å². The monoisotopic (exact) mass is 867 g/mol. The SMILES string of the molecule is CCCN(CCO)CC(O)CN(C)C1C[C@@H](C)O[C@@H](O[C@H]([C@@H](C)[C@H](O[C@H]2C[C@@](C)(OC)[C@@H](O)[C@H](C)O2)[C@@H](C)C(=O)O[C@H](CC)[C@@](C)(O)[C@H](O)CC)[C@](C)(O)CC(C)C)[C@@H]1O. The molecule has 16 nitrogen and oxygen atoms in total. The van der Waals surface area contributed by atoms with Crippen LogP contribution < -0.4 is 0 Å². The lowest BCUT2D eigenvalue weighted by molar-refractivity contribution is -0.318. The minimum absolute atomic E-state index is 0.00128. The van der Waals surface area contributed by atoms with E-state index in [1.54, 1.807) is 48.5 Å². The first kappa shape index (κ1) is 55.0. The van der Waals surface area contributed by atoms with Crippen molar-refractivity contribution in [2.45, 2.75) is 212 Å². The molecule has 0 amide bonds. The molecule has 2 fully saturated rings. The van der Waals surface area contributed by atoms with Crippen molar-refractivity contribution >= 4 is 5.97 Å².